The van der Waals surface area contributed by atoms with Gasteiger partial charge in [0.15, 0.2) is 0 Å². The Morgan fingerprint density at radius 1 is 0.938 bits per heavy atom. The number of nitrogens with one attached hydrogen (secondary N) is 1. The molecular weight excluding hydrogens is 462 g/mol. The number of amides is 1. The highest BCUT2D eigenvalue weighted by Crippen LogP contribution is 2.26. The number of benzene rings is 3. The Kier molecular flexibility index (Phi) is 6.99. The van der Waals surface area contributed by atoms with Crippen molar-refractivity contribution in [3.63, 3.8) is 0 Å². The third kappa shape index (κ3) is 5.43. The molecule has 5 nitrogen and oxygen atoms in total. The second kappa shape index (κ2) is 10.1. The summed E-state index contributed by atoms with van der Waals surface area (Å²) in [6.45, 7) is 0. The van der Waals surface area contributed by atoms with E-state index in [1.165, 1.54) is 22.5 Å². The summed E-state index contributed by atoms with van der Waals surface area (Å²) in [5.74, 6) is -0.220. The first-order chi connectivity index (χ1) is 15.5. The number of thioether (sulfide) groups is 1. The van der Waals surface area contributed by atoms with Crippen LogP contribution in [0.4, 0.5) is 5.69 Å². The molecule has 1 N–H and O–H groups in total. The van der Waals surface area contributed by atoms with Crippen LogP contribution in [-0.2, 0) is 0 Å². The van der Waals surface area contributed by atoms with Crippen LogP contribution in [0, 0.1) is 0 Å². The summed E-state index contributed by atoms with van der Waals surface area (Å²) in [7, 11) is 0. The Balaban J connectivity index is 1.52. The maximum absolute atomic E-state index is 12.6. The number of anilines is 1. The molecule has 1 heterocycles. The minimum Gasteiger partial charge on any atom is -0.322 e. The second-order valence-electron chi connectivity index (χ2n) is 6.71. The van der Waals surface area contributed by atoms with Crippen LogP contribution in [0.2, 0.25) is 5.02 Å². The van der Waals surface area contributed by atoms with E-state index in [1.54, 1.807) is 54.2 Å². The van der Waals surface area contributed by atoms with Gasteiger partial charge >= 0.3 is 0 Å². The van der Waals surface area contributed by atoms with E-state index >= 15 is 0 Å². The normalized spacial score (nSPS) is 10.7. The third-order valence-electron chi connectivity index (χ3n) is 4.51. The van der Waals surface area contributed by atoms with Crippen molar-refractivity contribution in [2.75, 3.05) is 11.6 Å². The van der Waals surface area contributed by atoms with Crippen LogP contribution in [0.15, 0.2) is 105 Å². The van der Waals surface area contributed by atoms with Gasteiger partial charge in [0.2, 0.25) is 0 Å². The molecule has 4 rings (SSSR count). The van der Waals surface area contributed by atoms with Crippen LogP contribution in [0.25, 0.3) is 5.69 Å². The summed E-state index contributed by atoms with van der Waals surface area (Å²) in [4.78, 5) is 27.0. The first-order valence-corrected chi connectivity index (χ1v) is 12.0. The fourth-order valence-corrected chi connectivity index (χ4v) is 4.27. The summed E-state index contributed by atoms with van der Waals surface area (Å²) < 4.78 is 1.32. The number of carbonyl (C=O) groups excluding carboxylic acids is 1. The molecule has 0 aliphatic carbocycles. The number of rotatable bonds is 6. The molecule has 0 saturated heterocycles. The van der Waals surface area contributed by atoms with Crippen molar-refractivity contribution in [1.82, 2.24) is 9.78 Å². The molecule has 0 bridgehead atoms. The first kappa shape index (κ1) is 22.2. The minimum absolute atomic E-state index is 0.220. The predicted molar refractivity (Wildman–Crippen MR) is 132 cm³/mol. The molecule has 160 valence electrons. The summed E-state index contributed by atoms with van der Waals surface area (Å²) in [6.07, 6.45) is 1.98. The maximum atomic E-state index is 12.6. The van der Waals surface area contributed by atoms with Crippen LogP contribution in [0.5, 0.6) is 0 Å². The van der Waals surface area contributed by atoms with Crippen molar-refractivity contribution in [3.8, 4) is 5.69 Å². The average Bonchev–Trinajstić information content (AvgIpc) is 2.82. The van der Waals surface area contributed by atoms with Crippen LogP contribution in [0.3, 0.4) is 0 Å². The lowest BCUT2D eigenvalue weighted by atomic mass is 10.2. The fraction of sp³-hybridized carbons (Fsp3) is 0.0417. The lowest BCUT2D eigenvalue weighted by Gasteiger charge is -2.09. The topological polar surface area (TPSA) is 64.0 Å². The van der Waals surface area contributed by atoms with Crippen molar-refractivity contribution >= 4 is 46.7 Å². The molecule has 0 atom stereocenters. The van der Waals surface area contributed by atoms with Crippen molar-refractivity contribution < 1.29 is 4.79 Å². The summed E-state index contributed by atoms with van der Waals surface area (Å²) in [5.41, 5.74) is 1.55. The Hall–Kier alpha value is -3.00. The molecule has 0 radical (unpaired) electrons. The molecule has 1 aromatic heterocycles. The number of aromatic nitrogens is 2. The quantitative estimate of drug-likeness (QED) is 0.343. The van der Waals surface area contributed by atoms with E-state index in [1.807, 2.05) is 42.7 Å². The van der Waals surface area contributed by atoms with Gasteiger partial charge in [0, 0.05) is 32.1 Å². The van der Waals surface area contributed by atoms with E-state index in [0.29, 0.717) is 21.3 Å². The van der Waals surface area contributed by atoms with Gasteiger partial charge in [0.05, 0.1) is 5.69 Å². The van der Waals surface area contributed by atoms with Gasteiger partial charge in [-0.2, -0.15) is 9.78 Å². The van der Waals surface area contributed by atoms with Gasteiger partial charge in [0.1, 0.15) is 5.03 Å². The van der Waals surface area contributed by atoms with Crippen LogP contribution in [-0.4, -0.2) is 21.9 Å². The smallest absolute Gasteiger partial charge is 0.271 e. The third-order valence-corrected chi connectivity index (χ3v) is 6.43. The summed E-state index contributed by atoms with van der Waals surface area (Å²) in [5, 5.41) is 8.68. The molecule has 8 heteroatoms. The fourth-order valence-electron chi connectivity index (χ4n) is 2.92. The van der Waals surface area contributed by atoms with E-state index in [-0.39, 0.29) is 11.5 Å². The highest BCUT2D eigenvalue weighted by molar-refractivity contribution is 7.99. The molecule has 0 aliphatic rings. The molecule has 0 spiro atoms. The van der Waals surface area contributed by atoms with E-state index in [4.69, 9.17) is 11.6 Å². The Bertz CT molecular complexity index is 1310. The van der Waals surface area contributed by atoms with Gasteiger partial charge in [-0.15, -0.1) is 11.8 Å². The second-order valence-corrected chi connectivity index (χ2v) is 9.12. The average molecular weight is 480 g/mol. The van der Waals surface area contributed by atoms with Crippen molar-refractivity contribution in [1.29, 1.82) is 0 Å². The Labute approximate surface area is 198 Å². The molecule has 0 fully saturated rings. The molecular formula is C24H18ClN3O2S2. The van der Waals surface area contributed by atoms with E-state index in [9.17, 15) is 9.59 Å². The number of carbonyl (C=O) groups is 1. The van der Waals surface area contributed by atoms with Crippen LogP contribution >= 0.6 is 35.1 Å². The van der Waals surface area contributed by atoms with Gasteiger partial charge in [-0.05, 0) is 79.1 Å². The van der Waals surface area contributed by atoms with Gasteiger partial charge in [0.25, 0.3) is 11.5 Å². The number of hydrogen-bond donors (Lipinski definition) is 1. The van der Waals surface area contributed by atoms with E-state index in [2.05, 4.69) is 10.4 Å². The molecule has 0 aliphatic heterocycles. The number of nitrogens with zero attached hydrogens (tertiary/aromatic N) is 2. The zero-order chi connectivity index (χ0) is 22.5. The number of halogens is 1. The standard InChI is InChI=1S/C24H18ClN3O2S2/c1-31-21-4-2-3-18(15-21)26-24(30)16-5-9-19(10-6-16)28-23(29)14-13-22(27-28)32-20-11-7-17(25)8-12-20/h2-15H,1H3,(H,26,30). The molecule has 4 aromatic rings. The Morgan fingerprint density at radius 2 is 1.69 bits per heavy atom. The zero-order valence-electron chi connectivity index (χ0n) is 17.0. The molecule has 3 aromatic carbocycles. The molecule has 0 saturated carbocycles. The maximum Gasteiger partial charge on any atom is 0.271 e. The van der Waals surface area contributed by atoms with E-state index < -0.39 is 0 Å². The van der Waals surface area contributed by atoms with Crippen LogP contribution < -0.4 is 10.9 Å². The first-order valence-electron chi connectivity index (χ1n) is 9.61. The lowest BCUT2D eigenvalue weighted by Crippen LogP contribution is -2.20. The van der Waals surface area contributed by atoms with Gasteiger partial charge < -0.3 is 5.32 Å². The van der Waals surface area contributed by atoms with Crippen molar-refractivity contribution in [2.45, 2.75) is 14.8 Å². The predicted octanol–water partition coefficient (Wildman–Crippen LogP) is 6.01. The largest absolute Gasteiger partial charge is 0.322 e. The highest BCUT2D eigenvalue weighted by Gasteiger charge is 2.09. The highest BCUT2D eigenvalue weighted by atomic mass is 35.5. The molecule has 1 amide bonds. The Morgan fingerprint density at radius 3 is 2.41 bits per heavy atom. The summed E-state index contributed by atoms with van der Waals surface area (Å²) >= 11 is 8.98. The van der Waals surface area contributed by atoms with E-state index in [0.717, 1.165) is 15.5 Å². The van der Waals surface area contributed by atoms with Gasteiger partial charge in [-0.25, -0.2) is 0 Å². The molecule has 32 heavy (non-hydrogen) atoms. The van der Waals surface area contributed by atoms with Gasteiger partial charge in [-0.1, -0.05) is 29.4 Å². The number of hydrogen-bond acceptors (Lipinski definition) is 5. The van der Waals surface area contributed by atoms with Crippen LogP contribution in [0.1, 0.15) is 10.4 Å². The monoisotopic (exact) mass is 479 g/mol. The van der Waals surface area contributed by atoms with Crippen molar-refractivity contribution in [3.05, 3.63) is 106 Å². The zero-order valence-corrected chi connectivity index (χ0v) is 19.4. The SMILES string of the molecule is CSc1cccc(NC(=O)c2ccc(-n3nc(Sc4ccc(Cl)cc4)ccc3=O)cc2)c1. The van der Waals surface area contributed by atoms with Gasteiger partial charge in [-0.3, -0.25) is 9.59 Å². The van der Waals surface area contributed by atoms with Crippen molar-refractivity contribution in [2.24, 2.45) is 0 Å². The summed E-state index contributed by atoms with van der Waals surface area (Å²) in [6, 6.07) is 25.0. The molecule has 0 unspecified atom stereocenters. The minimum atomic E-state index is -0.253. The lowest BCUT2D eigenvalue weighted by molar-refractivity contribution is 0.102.